The molecule has 7 rings (SSSR count). The van der Waals surface area contributed by atoms with Gasteiger partial charge in [-0.3, -0.25) is 39.2 Å². The van der Waals surface area contributed by atoms with E-state index in [-0.39, 0.29) is 75.7 Å². The molecule has 3 aromatic heterocycles. The fourth-order valence-corrected chi connectivity index (χ4v) is 6.54. The van der Waals surface area contributed by atoms with Gasteiger partial charge in [0.2, 0.25) is 11.8 Å². The molecule has 17 nitrogen and oxygen atoms in total. The standard InChI is InChI=1S/C40H44FN9O8/c1-23(58-16-15-56-14-13-43-30-4-2-3-27-36(30)40(55)50(39(27)54)32-8-10-35(51)49-38(32)53)21-57-22-25(41)19-45-37(52)28-20-44-34(17-31(28)46-26-6-7-26)48-33-9-5-24-18-42-12-11-29(24)47-33/h2-5,9,11-12,17-18,20,23,25-26,32,43H,6-8,10,13-16,19,21-22H2,1H3,(H,45,52)(H,49,51,53)(H2,44,46,47,48). The molecule has 18 heteroatoms. The number of anilines is 4. The summed E-state index contributed by atoms with van der Waals surface area (Å²) in [5, 5.41) is 15.4. The molecule has 5 heterocycles. The van der Waals surface area contributed by atoms with Gasteiger partial charge in [0, 0.05) is 54.7 Å². The first-order chi connectivity index (χ1) is 28.1. The number of amides is 5. The smallest absolute Gasteiger partial charge is 0.264 e. The Morgan fingerprint density at radius 1 is 0.966 bits per heavy atom. The number of hydrogen-bond donors (Lipinski definition) is 5. The van der Waals surface area contributed by atoms with Crippen LogP contribution >= 0.6 is 0 Å². The van der Waals surface area contributed by atoms with E-state index in [4.69, 9.17) is 14.2 Å². The first-order valence-corrected chi connectivity index (χ1v) is 19.2. The minimum Gasteiger partial charge on any atom is -0.382 e. The maximum atomic E-state index is 14.7. The van der Waals surface area contributed by atoms with Crippen LogP contribution in [-0.2, 0) is 23.8 Å². The summed E-state index contributed by atoms with van der Waals surface area (Å²) in [5.74, 6) is -1.63. The lowest BCUT2D eigenvalue weighted by Gasteiger charge is -2.27. The van der Waals surface area contributed by atoms with Crippen LogP contribution in [0.1, 0.15) is 63.7 Å². The van der Waals surface area contributed by atoms with Crippen molar-refractivity contribution in [3.05, 3.63) is 77.7 Å². The average Bonchev–Trinajstić information content (AvgIpc) is 4.00. The predicted octanol–water partition coefficient (Wildman–Crippen LogP) is 3.36. The number of rotatable bonds is 20. The second kappa shape index (κ2) is 18.4. The molecule has 3 aliphatic rings. The Morgan fingerprint density at radius 3 is 2.66 bits per heavy atom. The fraction of sp³-hybridized carbons (Fsp3) is 0.400. The van der Waals surface area contributed by atoms with Crippen molar-refractivity contribution in [2.75, 3.05) is 62.1 Å². The van der Waals surface area contributed by atoms with Gasteiger partial charge in [-0.1, -0.05) is 6.07 Å². The summed E-state index contributed by atoms with van der Waals surface area (Å²) >= 11 is 0. The van der Waals surface area contributed by atoms with Gasteiger partial charge in [-0.2, -0.15) is 0 Å². The van der Waals surface area contributed by atoms with Crippen LogP contribution < -0.4 is 26.6 Å². The summed E-state index contributed by atoms with van der Waals surface area (Å²) in [6.07, 6.45) is 5.18. The van der Waals surface area contributed by atoms with Crippen molar-refractivity contribution in [3.63, 3.8) is 0 Å². The zero-order valence-electron chi connectivity index (χ0n) is 31.8. The van der Waals surface area contributed by atoms with Crippen molar-refractivity contribution in [1.29, 1.82) is 0 Å². The number of hydrogen-bond acceptors (Lipinski definition) is 14. The lowest BCUT2D eigenvalue weighted by atomic mass is 10.0. The van der Waals surface area contributed by atoms with Crippen molar-refractivity contribution < 1.29 is 42.6 Å². The molecule has 5 N–H and O–H groups in total. The van der Waals surface area contributed by atoms with E-state index in [1.165, 1.54) is 12.3 Å². The highest BCUT2D eigenvalue weighted by atomic mass is 19.1. The summed E-state index contributed by atoms with van der Waals surface area (Å²) in [6.45, 7) is 2.55. The van der Waals surface area contributed by atoms with E-state index >= 15 is 0 Å². The van der Waals surface area contributed by atoms with Gasteiger partial charge in [0.05, 0.1) is 73.6 Å². The van der Waals surface area contributed by atoms with Crippen molar-refractivity contribution in [2.45, 2.75) is 57.0 Å². The van der Waals surface area contributed by atoms with Crippen LogP contribution in [-0.4, -0.2) is 120 Å². The molecule has 1 saturated heterocycles. The van der Waals surface area contributed by atoms with Gasteiger partial charge >= 0.3 is 0 Å². The monoisotopic (exact) mass is 797 g/mol. The molecule has 0 radical (unpaired) electrons. The topological polar surface area (TPSA) is 215 Å². The summed E-state index contributed by atoms with van der Waals surface area (Å²) in [4.78, 5) is 77.3. The third-order valence-corrected chi connectivity index (χ3v) is 9.63. The van der Waals surface area contributed by atoms with Gasteiger partial charge in [-0.25, -0.2) is 14.4 Å². The molecule has 0 spiro atoms. The molecule has 1 aromatic carbocycles. The number of aromatic nitrogens is 3. The van der Waals surface area contributed by atoms with Crippen molar-refractivity contribution >= 4 is 63.4 Å². The normalized spacial score (nSPS) is 17.5. The van der Waals surface area contributed by atoms with Gasteiger partial charge in [0.1, 0.15) is 23.8 Å². The number of halogens is 1. The lowest BCUT2D eigenvalue weighted by Crippen LogP contribution is -2.54. The summed E-state index contributed by atoms with van der Waals surface area (Å²) in [6, 6.07) is 11.4. The third-order valence-electron chi connectivity index (χ3n) is 9.63. The minimum absolute atomic E-state index is 0.0423. The lowest BCUT2D eigenvalue weighted by molar-refractivity contribution is -0.136. The average molecular weight is 798 g/mol. The van der Waals surface area contributed by atoms with E-state index in [9.17, 15) is 28.4 Å². The van der Waals surface area contributed by atoms with Crippen LogP contribution in [0.2, 0.25) is 0 Å². The van der Waals surface area contributed by atoms with Crippen LogP contribution in [0.5, 0.6) is 0 Å². The Balaban J connectivity index is 0.775. The Hall–Kier alpha value is -6.11. The number of benzene rings is 1. The van der Waals surface area contributed by atoms with Crippen LogP contribution in [0.15, 0.2) is 61.1 Å². The Bertz CT molecular complexity index is 2190. The van der Waals surface area contributed by atoms with Crippen LogP contribution in [0.3, 0.4) is 0 Å². The summed E-state index contributed by atoms with van der Waals surface area (Å²) in [7, 11) is 0. The molecule has 3 atom stereocenters. The predicted molar refractivity (Wildman–Crippen MR) is 210 cm³/mol. The molecule has 3 unspecified atom stereocenters. The summed E-state index contributed by atoms with van der Waals surface area (Å²) in [5.41, 5.74) is 2.47. The molecule has 58 heavy (non-hydrogen) atoms. The quantitative estimate of drug-likeness (QED) is 0.0641. The molecule has 2 aliphatic heterocycles. The highest BCUT2D eigenvalue weighted by Gasteiger charge is 2.45. The van der Waals surface area contributed by atoms with E-state index in [1.54, 1.807) is 37.5 Å². The number of fused-ring (bicyclic) bond motifs is 2. The van der Waals surface area contributed by atoms with Gasteiger partial charge in [-0.15, -0.1) is 0 Å². The van der Waals surface area contributed by atoms with Crippen LogP contribution in [0.4, 0.5) is 27.4 Å². The maximum absolute atomic E-state index is 14.7. The highest BCUT2D eigenvalue weighted by Crippen LogP contribution is 2.33. The molecule has 0 bridgehead atoms. The van der Waals surface area contributed by atoms with Gasteiger partial charge < -0.3 is 35.5 Å². The largest absolute Gasteiger partial charge is 0.382 e. The van der Waals surface area contributed by atoms with E-state index in [0.717, 1.165) is 28.6 Å². The number of carbonyl (C=O) groups excluding carboxylic acids is 5. The van der Waals surface area contributed by atoms with Crippen molar-refractivity contribution in [2.24, 2.45) is 0 Å². The molecular formula is C40H44FN9O8. The van der Waals surface area contributed by atoms with Gasteiger partial charge in [0.25, 0.3) is 17.7 Å². The SMILES string of the molecule is CC(COCC(F)CNC(=O)c1cnc(Nc2ccc3cnccc3n2)cc1NC1CC1)OCCOCCNc1cccc2c1C(=O)N(C1CCC(=O)NC1=O)C2=O. The highest BCUT2D eigenvalue weighted by molar-refractivity contribution is 6.25. The molecule has 5 amide bonds. The van der Waals surface area contributed by atoms with E-state index in [1.807, 2.05) is 18.2 Å². The second-order valence-corrected chi connectivity index (χ2v) is 14.2. The Morgan fingerprint density at radius 2 is 1.83 bits per heavy atom. The maximum Gasteiger partial charge on any atom is 0.264 e. The zero-order chi connectivity index (χ0) is 40.6. The zero-order valence-corrected chi connectivity index (χ0v) is 31.8. The van der Waals surface area contributed by atoms with Crippen LogP contribution in [0, 0.1) is 0 Å². The molecule has 304 valence electrons. The fourth-order valence-electron chi connectivity index (χ4n) is 6.54. The van der Waals surface area contributed by atoms with E-state index in [2.05, 4.69) is 41.5 Å². The number of pyridine rings is 3. The number of carbonyl (C=O) groups is 5. The number of ether oxygens (including phenoxy) is 3. The number of piperidine rings is 1. The van der Waals surface area contributed by atoms with Crippen molar-refractivity contribution in [3.8, 4) is 0 Å². The Kier molecular flexibility index (Phi) is 12.7. The Labute approximate surface area is 332 Å². The molecule has 2 fully saturated rings. The first-order valence-electron chi connectivity index (χ1n) is 19.2. The van der Waals surface area contributed by atoms with Crippen molar-refractivity contribution in [1.82, 2.24) is 30.5 Å². The van der Waals surface area contributed by atoms with Gasteiger partial charge in [-0.05, 0) is 56.5 Å². The number of nitrogens with zero attached hydrogens (tertiary/aromatic N) is 4. The number of alkyl halides is 1. The third kappa shape index (κ3) is 9.88. The van der Waals surface area contributed by atoms with E-state index < -0.39 is 41.7 Å². The van der Waals surface area contributed by atoms with Crippen LogP contribution in [0.25, 0.3) is 10.9 Å². The molecule has 1 aliphatic carbocycles. The van der Waals surface area contributed by atoms with Gasteiger partial charge in [0.15, 0.2) is 0 Å². The second-order valence-electron chi connectivity index (χ2n) is 14.2. The number of nitrogens with one attached hydrogen (secondary N) is 5. The number of imide groups is 2. The van der Waals surface area contributed by atoms with E-state index in [0.29, 0.717) is 35.1 Å². The first kappa shape index (κ1) is 40.1. The minimum atomic E-state index is -1.45. The molecule has 1 saturated carbocycles. The molecular weight excluding hydrogens is 753 g/mol. The summed E-state index contributed by atoms with van der Waals surface area (Å²) < 4.78 is 31.6. The molecule has 4 aromatic rings.